The number of aliphatic hydroxyl groups is 1. The van der Waals surface area contributed by atoms with E-state index in [0.29, 0.717) is 22.3 Å². The van der Waals surface area contributed by atoms with Crippen LogP contribution in [0.2, 0.25) is 0 Å². The second-order valence-electron chi connectivity index (χ2n) is 7.72. The van der Waals surface area contributed by atoms with Crippen LogP contribution in [0.1, 0.15) is 60.7 Å². The van der Waals surface area contributed by atoms with Crippen molar-refractivity contribution in [2.75, 3.05) is 0 Å². The molecule has 146 valence electrons. The minimum absolute atomic E-state index is 0.227. The Balaban J connectivity index is 1.44. The Labute approximate surface area is 166 Å². The maximum absolute atomic E-state index is 12.8. The summed E-state index contributed by atoms with van der Waals surface area (Å²) in [7, 11) is 0. The van der Waals surface area contributed by atoms with Crippen LogP contribution in [0.4, 0.5) is 0 Å². The lowest BCUT2D eigenvalue weighted by Crippen LogP contribution is -2.52. The number of hydrogen-bond donors (Lipinski definition) is 1. The lowest BCUT2D eigenvalue weighted by atomic mass is 9.86. The van der Waals surface area contributed by atoms with Crippen molar-refractivity contribution in [1.29, 1.82) is 0 Å². The molecule has 1 fully saturated rings. The lowest BCUT2D eigenvalue weighted by Gasteiger charge is -2.39. The Bertz CT molecular complexity index is 925. The van der Waals surface area contributed by atoms with Gasteiger partial charge in [-0.25, -0.2) is 0 Å². The fourth-order valence-corrected chi connectivity index (χ4v) is 4.73. The van der Waals surface area contributed by atoms with E-state index in [-0.39, 0.29) is 19.3 Å². The van der Waals surface area contributed by atoms with Crippen LogP contribution >= 0.6 is 0 Å². The van der Waals surface area contributed by atoms with Gasteiger partial charge in [0.05, 0.1) is 28.4 Å². The van der Waals surface area contributed by atoms with Crippen LogP contribution in [0.5, 0.6) is 0 Å². The number of nitrogens with zero attached hydrogens (tertiary/aromatic N) is 2. The summed E-state index contributed by atoms with van der Waals surface area (Å²) in [6.07, 6.45) is -0.114. The highest BCUT2D eigenvalue weighted by molar-refractivity contribution is 6.22. The first kappa shape index (κ1) is 17.8. The van der Waals surface area contributed by atoms with Crippen molar-refractivity contribution in [3.05, 3.63) is 70.8 Å². The van der Waals surface area contributed by atoms with E-state index in [2.05, 4.69) is 0 Å². The summed E-state index contributed by atoms with van der Waals surface area (Å²) in [5, 5.41) is 10.5. The van der Waals surface area contributed by atoms with Gasteiger partial charge >= 0.3 is 0 Å². The summed E-state index contributed by atoms with van der Waals surface area (Å²) in [6, 6.07) is 12.1. The summed E-state index contributed by atoms with van der Waals surface area (Å²) in [5.74, 6) is -1.59. The Morgan fingerprint density at radius 2 is 0.897 bits per heavy atom. The SMILES string of the molecule is O=C1c2ccccc2C(=O)N1C1CC(O)CC(N2C(=O)c3ccccc3C2=O)C1. The van der Waals surface area contributed by atoms with Gasteiger partial charge in [0.25, 0.3) is 23.6 Å². The zero-order chi connectivity index (χ0) is 20.3. The minimum Gasteiger partial charge on any atom is -0.393 e. The van der Waals surface area contributed by atoms with E-state index < -0.39 is 41.8 Å². The van der Waals surface area contributed by atoms with Gasteiger partial charge in [0.1, 0.15) is 0 Å². The van der Waals surface area contributed by atoms with Gasteiger partial charge in [0.2, 0.25) is 0 Å². The Hall–Kier alpha value is -3.32. The average molecular weight is 390 g/mol. The van der Waals surface area contributed by atoms with E-state index in [1.54, 1.807) is 48.5 Å². The molecule has 2 aromatic carbocycles. The number of imide groups is 2. The predicted molar refractivity (Wildman–Crippen MR) is 101 cm³/mol. The van der Waals surface area contributed by atoms with Gasteiger partial charge in [-0.05, 0) is 43.5 Å². The number of rotatable bonds is 2. The Morgan fingerprint density at radius 1 is 0.586 bits per heavy atom. The standard InChI is InChI=1S/C22H18N2O5/c25-14-10-12(23-19(26)15-5-1-2-6-16(15)20(23)27)9-13(11-14)24-21(28)17-7-3-4-8-18(17)22(24)29/h1-8,12-14,25H,9-11H2. The van der Waals surface area contributed by atoms with Crippen LogP contribution in [0.15, 0.2) is 48.5 Å². The molecule has 0 saturated heterocycles. The molecule has 4 amide bonds. The van der Waals surface area contributed by atoms with Crippen molar-refractivity contribution >= 4 is 23.6 Å². The molecule has 29 heavy (non-hydrogen) atoms. The molecule has 0 bridgehead atoms. The van der Waals surface area contributed by atoms with Gasteiger partial charge in [-0.1, -0.05) is 24.3 Å². The highest BCUT2D eigenvalue weighted by atomic mass is 16.3. The molecule has 1 N–H and O–H groups in total. The number of benzene rings is 2. The summed E-state index contributed by atoms with van der Waals surface area (Å²) in [5.41, 5.74) is 1.37. The first-order chi connectivity index (χ1) is 14.0. The van der Waals surface area contributed by atoms with E-state index in [0.717, 1.165) is 0 Å². The quantitative estimate of drug-likeness (QED) is 0.790. The molecule has 0 spiro atoms. The average Bonchev–Trinajstić information content (AvgIpc) is 3.13. The van der Waals surface area contributed by atoms with Crippen molar-refractivity contribution in [2.45, 2.75) is 37.5 Å². The number of aliphatic hydroxyl groups excluding tert-OH is 1. The topological polar surface area (TPSA) is 95.0 Å². The summed E-state index contributed by atoms with van der Waals surface area (Å²) in [4.78, 5) is 53.7. The van der Waals surface area contributed by atoms with E-state index in [9.17, 15) is 24.3 Å². The molecule has 0 aromatic heterocycles. The second-order valence-corrected chi connectivity index (χ2v) is 7.72. The molecule has 5 rings (SSSR count). The van der Waals surface area contributed by atoms with E-state index >= 15 is 0 Å². The molecule has 2 heterocycles. The van der Waals surface area contributed by atoms with Crippen molar-refractivity contribution < 1.29 is 24.3 Å². The molecule has 1 saturated carbocycles. The zero-order valence-corrected chi connectivity index (χ0v) is 15.4. The van der Waals surface area contributed by atoms with Crippen LogP contribution in [-0.2, 0) is 0 Å². The van der Waals surface area contributed by atoms with Crippen LogP contribution < -0.4 is 0 Å². The zero-order valence-electron chi connectivity index (χ0n) is 15.4. The molecule has 0 radical (unpaired) electrons. The fourth-order valence-electron chi connectivity index (χ4n) is 4.73. The summed E-state index contributed by atoms with van der Waals surface area (Å²) < 4.78 is 0. The number of carbonyl (C=O) groups is 4. The third kappa shape index (κ3) is 2.54. The van der Waals surface area contributed by atoms with E-state index in [1.807, 2.05) is 0 Å². The Kier molecular flexibility index (Phi) is 3.89. The molecule has 2 unspecified atom stereocenters. The lowest BCUT2D eigenvalue weighted by molar-refractivity contribution is 0.0178. The van der Waals surface area contributed by atoms with Gasteiger partial charge in [-0.3, -0.25) is 29.0 Å². The molecular weight excluding hydrogens is 372 g/mol. The highest BCUT2D eigenvalue weighted by Crippen LogP contribution is 2.35. The second kappa shape index (κ2) is 6.35. The molecule has 1 aliphatic carbocycles. The molecule has 2 aliphatic heterocycles. The molecule has 7 heteroatoms. The van der Waals surface area contributed by atoms with Crippen molar-refractivity contribution in [3.8, 4) is 0 Å². The van der Waals surface area contributed by atoms with Crippen LogP contribution in [0.25, 0.3) is 0 Å². The summed E-state index contributed by atoms with van der Waals surface area (Å²) in [6.45, 7) is 0. The number of fused-ring (bicyclic) bond motifs is 2. The first-order valence-corrected chi connectivity index (χ1v) is 9.59. The highest BCUT2D eigenvalue weighted by Gasteiger charge is 2.47. The molecule has 2 aromatic rings. The summed E-state index contributed by atoms with van der Waals surface area (Å²) >= 11 is 0. The maximum Gasteiger partial charge on any atom is 0.261 e. The molecule has 3 aliphatic rings. The van der Waals surface area contributed by atoms with Crippen molar-refractivity contribution in [3.63, 3.8) is 0 Å². The minimum atomic E-state index is -0.827. The molecular formula is C22H18N2O5. The third-order valence-corrected chi connectivity index (χ3v) is 6.01. The number of carbonyl (C=O) groups excluding carboxylic acids is 4. The van der Waals surface area contributed by atoms with E-state index in [1.165, 1.54) is 9.80 Å². The van der Waals surface area contributed by atoms with Gasteiger partial charge in [0.15, 0.2) is 0 Å². The van der Waals surface area contributed by atoms with Crippen molar-refractivity contribution in [2.24, 2.45) is 0 Å². The number of amides is 4. The maximum atomic E-state index is 12.8. The molecule has 7 nitrogen and oxygen atoms in total. The normalized spacial score (nSPS) is 26.2. The van der Waals surface area contributed by atoms with Gasteiger partial charge in [0, 0.05) is 12.1 Å². The van der Waals surface area contributed by atoms with Crippen LogP contribution in [-0.4, -0.2) is 56.7 Å². The molecule has 2 atom stereocenters. The predicted octanol–water partition coefficient (Wildman–Crippen LogP) is 1.86. The monoisotopic (exact) mass is 390 g/mol. The Morgan fingerprint density at radius 3 is 1.21 bits per heavy atom. The van der Waals surface area contributed by atoms with E-state index in [4.69, 9.17) is 0 Å². The van der Waals surface area contributed by atoms with Gasteiger partial charge in [-0.15, -0.1) is 0 Å². The third-order valence-electron chi connectivity index (χ3n) is 6.01. The fraction of sp³-hybridized carbons (Fsp3) is 0.273. The van der Waals surface area contributed by atoms with Crippen molar-refractivity contribution in [1.82, 2.24) is 9.80 Å². The van der Waals surface area contributed by atoms with Crippen LogP contribution in [0.3, 0.4) is 0 Å². The largest absolute Gasteiger partial charge is 0.393 e. The number of hydrogen-bond acceptors (Lipinski definition) is 5. The van der Waals surface area contributed by atoms with Crippen LogP contribution in [0, 0.1) is 0 Å². The smallest absolute Gasteiger partial charge is 0.261 e. The first-order valence-electron chi connectivity index (χ1n) is 9.59. The van der Waals surface area contributed by atoms with Gasteiger partial charge < -0.3 is 5.11 Å². The van der Waals surface area contributed by atoms with Gasteiger partial charge in [-0.2, -0.15) is 0 Å².